The summed E-state index contributed by atoms with van der Waals surface area (Å²) in [7, 11) is 0. The van der Waals surface area contributed by atoms with Crippen molar-refractivity contribution in [2.24, 2.45) is 5.92 Å². The lowest BCUT2D eigenvalue weighted by atomic mass is 9.96. The van der Waals surface area contributed by atoms with Crippen LogP contribution in [0.25, 0.3) is 0 Å². The molecule has 96 valence electrons. The van der Waals surface area contributed by atoms with Gasteiger partial charge in [0.1, 0.15) is 12.4 Å². The normalized spacial score (nSPS) is 15.1. The Morgan fingerprint density at radius 2 is 1.35 bits per heavy atom. The second-order valence-corrected chi connectivity index (χ2v) is 3.18. The number of hydrogen-bond acceptors (Lipinski definition) is 3. The van der Waals surface area contributed by atoms with Crippen molar-refractivity contribution in [3.8, 4) is 0 Å². The van der Waals surface area contributed by atoms with Crippen LogP contribution in [0.3, 0.4) is 0 Å². The van der Waals surface area contributed by atoms with Crippen LogP contribution >= 0.6 is 0 Å². The summed E-state index contributed by atoms with van der Waals surface area (Å²) in [4.78, 5) is 6.49. The van der Waals surface area contributed by atoms with Crippen LogP contribution < -0.4 is 0 Å². The van der Waals surface area contributed by atoms with Crippen molar-refractivity contribution < 1.29 is 31.4 Å². The second kappa shape index (κ2) is 4.47. The van der Waals surface area contributed by atoms with E-state index in [0.29, 0.717) is 12.4 Å². The first-order valence-corrected chi connectivity index (χ1v) is 4.20. The van der Waals surface area contributed by atoms with E-state index in [4.69, 9.17) is 5.11 Å². The van der Waals surface area contributed by atoms with Gasteiger partial charge in [-0.2, -0.15) is 26.3 Å². The molecular formula is C8H6F6N2O. The summed E-state index contributed by atoms with van der Waals surface area (Å²) < 4.78 is 73.4. The van der Waals surface area contributed by atoms with E-state index in [1.54, 1.807) is 0 Å². The van der Waals surface area contributed by atoms with Crippen LogP contribution in [0, 0.1) is 5.92 Å². The Labute approximate surface area is 91.1 Å². The quantitative estimate of drug-likeness (QED) is 0.829. The molecule has 0 saturated heterocycles. The SMILES string of the molecule is OC(c1cncnc1)C(C(F)(F)F)C(F)(F)F. The maximum absolute atomic E-state index is 12.2. The molecule has 0 amide bonds. The summed E-state index contributed by atoms with van der Waals surface area (Å²) in [6, 6.07) is 0. The molecule has 1 aromatic rings. The van der Waals surface area contributed by atoms with E-state index in [0.717, 1.165) is 6.33 Å². The zero-order valence-electron chi connectivity index (χ0n) is 8.00. The number of halogens is 6. The molecule has 1 N–H and O–H groups in total. The topological polar surface area (TPSA) is 46.0 Å². The number of aliphatic hydroxyl groups is 1. The first-order chi connectivity index (χ1) is 7.64. The van der Waals surface area contributed by atoms with Gasteiger partial charge in [-0.1, -0.05) is 0 Å². The number of hydrogen-bond donors (Lipinski definition) is 1. The number of nitrogens with zero attached hydrogens (tertiary/aromatic N) is 2. The van der Waals surface area contributed by atoms with Gasteiger partial charge in [0.15, 0.2) is 5.92 Å². The maximum atomic E-state index is 12.2. The Kier molecular flexibility index (Phi) is 3.60. The van der Waals surface area contributed by atoms with Crippen LogP contribution in [0.4, 0.5) is 26.3 Å². The molecule has 17 heavy (non-hydrogen) atoms. The largest absolute Gasteiger partial charge is 0.403 e. The molecule has 3 nitrogen and oxygen atoms in total. The van der Waals surface area contributed by atoms with Gasteiger partial charge in [-0.05, 0) is 0 Å². The molecule has 1 rings (SSSR count). The Morgan fingerprint density at radius 1 is 0.941 bits per heavy atom. The molecule has 0 spiro atoms. The van der Waals surface area contributed by atoms with Crippen molar-refractivity contribution in [2.75, 3.05) is 0 Å². The van der Waals surface area contributed by atoms with E-state index in [1.807, 2.05) is 0 Å². The van der Waals surface area contributed by atoms with Crippen LogP contribution in [0.1, 0.15) is 11.7 Å². The number of aromatic nitrogens is 2. The predicted octanol–water partition coefficient (Wildman–Crippen LogP) is 2.25. The standard InChI is InChI=1S/C8H6F6N2O/c9-7(10,11)6(8(12,13)14)5(17)4-1-15-3-16-2-4/h1-3,5-6,17H. The third kappa shape index (κ3) is 3.29. The molecule has 0 aliphatic carbocycles. The fourth-order valence-electron chi connectivity index (χ4n) is 1.20. The van der Waals surface area contributed by atoms with E-state index in [1.165, 1.54) is 0 Å². The molecule has 0 aromatic carbocycles. The molecule has 1 unspecified atom stereocenters. The summed E-state index contributed by atoms with van der Waals surface area (Å²) in [6.45, 7) is 0. The summed E-state index contributed by atoms with van der Waals surface area (Å²) in [5.41, 5.74) is -0.646. The average molecular weight is 260 g/mol. The first kappa shape index (κ1) is 13.7. The van der Waals surface area contributed by atoms with E-state index in [2.05, 4.69) is 9.97 Å². The molecule has 9 heteroatoms. The molecule has 0 saturated carbocycles. The van der Waals surface area contributed by atoms with Gasteiger partial charge in [-0.25, -0.2) is 9.97 Å². The maximum Gasteiger partial charge on any atom is 0.403 e. The third-order valence-corrected chi connectivity index (χ3v) is 1.94. The third-order valence-electron chi connectivity index (χ3n) is 1.94. The highest BCUT2D eigenvalue weighted by Crippen LogP contribution is 2.46. The smallest absolute Gasteiger partial charge is 0.387 e. The van der Waals surface area contributed by atoms with Gasteiger partial charge in [0.2, 0.25) is 0 Å². The number of rotatable bonds is 2. The average Bonchev–Trinajstić information content (AvgIpc) is 2.14. The number of aliphatic hydroxyl groups excluding tert-OH is 1. The summed E-state index contributed by atoms with van der Waals surface area (Å²) in [6.07, 6.45) is -11.7. The summed E-state index contributed by atoms with van der Waals surface area (Å²) >= 11 is 0. The Morgan fingerprint density at radius 3 is 1.71 bits per heavy atom. The van der Waals surface area contributed by atoms with Crippen molar-refractivity contribution in [1.29, 1.82) is 0 Å². The first-order valence-electron chi connectivity index (χ1n) is 4.20. The van der Waals surface area contributed by atoms with E-state index >= 15 is 0 Å². The molecule has 0 fully saturated rings. The summed E-state index contributed by atoms with van der Waals surface area (Å²) in [5, 5.41) is 9.13. The summed E-state index contributed by atoms with van der Waals surface area (Å²) in [5.74, 6) is -3.86. The highest BCUT2D eigenvalue weighted by Gasteiger charge is 2.60. The lowest BCUT2D eigenvalue weighted by molar-refractivity contribution is -0.307. The molecule has 0 aliphatic rings. The lowest BCUT2D eigenvalue weighted by Crippen LogP contribution is -2.40. The van der Waals surface area contributed by atoms with Crippen molar-refractivity contribution >= 4 is 0 Å². The highest BCUT2D eigenvalue weighted by atomic mass is 19.4. The molecular weight excluding hydrogens is 254 g/mol. The van der Waals surface area contributed by atoms with Crippen molar-refractivity contribution in [3.05, 3.63) is 24.3 Å². The molecule has 1 atom stereocenters. The van der Waals surface area contributed by atoms with Gasteiger partial charge >= 0.3 is 12.4 Å². The van der Waals surface area contributed by atoms with E-state index in [-0.39, 0.29) is 0 Å². The van der Waals surface area contributed by atoms with Crippen LogP contribution in [-0.4, -0.2) is 27.4 Å². The molecule has 0 bridgehead atoms. The minimum absolute atomic E-state index is 0.646. The van der Waals surface area contributed by atoms with E-state index in [9.17, 15) is 26.3 Å². The molecule has 0 aliphatic heterocycles. The monoisotopic (exact) mass is 260 g/mol. The zero-order chi connectivity index (χ0) is 13.3. The fraction of sp³-hybridized carbons (Fsp3) is 0.500. The highest BCUT2D eigenvalue weighted by molar-refractivity contribution is 5.09. The van der Waals surface area contributed by atoms with Crippen LogP contribution in [0.5, 0.6) is 0 Å². The van der Waals surface area contributed by atoms with Crippen molar-refractivity contribution in [3.63, 3.8) is 0 Å². The Bertz CT molecular complexity index is 349. The van der Waals surface area contributed by atoms with Gasteiger partial charge in [0.25, 0.3) is 0 Å². The van der Waals surface area contributed by atoms with Crippen LogP contribution in [0.2, 0.25) is 0 Å². The van der Waals surface area contributed by atoms with Gasteiger partial charge in [-0.15, -0.1) is 0 Å². The van der Waals surface area contributed by atoms with Gasteiger partial charge in [0.05, 0.1) is 0 Å². The molecule has 1 heterocycles. The molecule has 1 aromatic heterocycles. The zero-order valence-corrected chi connectivity index (χ0v) is 8.00. The minimum Gasteiger partial charge on any atom is -0.387 e. The van der Waals surface area contributed by atoms with E-state index < -0.39 is 29.9 Å². The van der Waals surface area contributed by atoms with Gasteiger partial charge in [-0.3, -0.25) is 0 Å². The fourth-order valence-corrected chi connectivity index (χ4v) is 1.20. The Hall–Kier alpha value is -1.38. The molecule has 0 radical (unpaired) electrons. The minimum atomic E-state index is -5.60. The lowest BCUT2D eigenvalue weighted by Gasteiger charge is -2.27. The van der Waals surface area contributed by atoms with Gasteiger partial charge < -0.3 is 5.11 Å². The van der Waals surface area contributed by atoms with Crippen molar-refractivity contribution in [2.45, 2.75) is 18.5 Å². The number of alkyl halides is 6. The Balaban J connectivity index is 3.09. The van der Waals surface area contributed by atoms with Crippen LogP contribution in [0.15, 0.2) is 18.7 Å². The second-order valence-electron chi connectivity index (χ2n) is 3.18. The predicted molar refractivity (Wildman–Crippen MR) is 42.6 cm³/mol. The van der Waals surface area contributed by atoms with Gasteiger partial charge in [0, 0.05) is 18.0 Å². The van der Waals surface area contributed by atoms with Crippen LogP contribution in [-0.2, 0) is 0 Å². The van der Waals surface area contributed by atoms with Crippen molar-refractivity contribution in [1.82, 2.24) is 9.97 Å².